The summed E-state index contributed by atoms with van der Waals surface area (Å²) in [6, 6.07) is 13.5. The minimum atomic E-state index is -0.539. The molecule has 2 heterocycles. The Kier molecular flexibility index (Phi) is 4.73. The molecule has 0 saturated heterocycles. The molecule has 0 fully saturated rings. The van der Waals surface area contributed by atoms with Crippen LogP contribution in [0.5, 0.6) is 0 Å². The van der Waals surface area contributed by atoms with E-state index in [1.54, 1.807) is 6.07 Å². The van der Waals surface area contributed by atoms with E-state index in [4.69, 9.17) is 10.3 Å². The van der Waals surface area contributed by atoms with Crippen LogP contribution < -0.4 is 11.1 Å². The van der Waals surface area contributed by atoms with Crippen molar-refractivity contribution < 1.29 is 13.7 Å². The first-order valence-corrected chi connectivity index (χ1v) is 8.66. The SMILES string of the molecule is Cc1ccc(-c2noc(-c3nnn(CC(=O)Nc4ccccc4F)c3N)n2)cc1. The predicted molar refractivity (Wildman–Crippen MR) is 103 cm³/mol. The topological polar surface area (TPSA) is 125 Å². The number of amides is 1. The van der Waals surface area contributed by atoms with E-state index in [9.17, 15) is 9.18 Å². The van der Waals surface area contributed by atoms with Crippen molar-refractivity contribution in [3.05, 3.63) is 59.9 Å². The number of aryl methyl sites for hydroxylation is 1. The van der Waals surface area contributed by atoms with Gasteiger partial charge in [0.2, 0.25) is 11.7 Å². The number of carbonyl (C=O) groups excluding carboxylic acids is 1. The minimum Gasteiger partial charge on any atom is -0.382 e. The zero-order valence-corrected chi connectivity index (χ0v) is 15.3. The normalized spacial score (nSPS) is 10.8. The van der Waals surface area contributed by atoms with Crippen LogP contribution in [0, 0.1) is 12.7 Å². The van der Waals surface area contributed by atoms with Crippen LogP contribution in [-0.2, 0) is 11.3 Å². The van der Waals surface area contributed by atoms with Crippen molar-refractivity contribution in [2.75, 3.05) is 11.1 Å². The van der Waals surface area contributed by atoms with E-state index in [2.05, 4.69) is 25.8 Å². The number of anilines is 2. The van der Waals surface area contributed by atoms with E-state index in [0.29, 0.717) is 5.82 Å². The van der Waals surface area contributed by atoms with Gasteiger partial charge < -0.3 is 15.6 Å². The molecule has 0 aliphatic heterocycles. The standard InChI is InChI=1S/C19H16FN7O2/c1-11-6-8-12(9-7-11)18-23-19(29-25-18)16-17(21)27(26-24-16)10-15(28)22-14-5-3-2-4-13(14)20/h2-9H,10,21H2,1H3,(H,22,28). The molecule has 0 radical (unpaired) electrons. The molecular weight excluding hydrogens is 377 g/mol. The molecule has 9 nitrogen and oxygen atoms in total. The van der Waals surface area contributed by atoms with E-state index in [1.807, 2.05) is 31.2 Å². The van der Waals surface area contributed by atoms with Gasteiger partial charge in [-0.2, -0.15) is 4.98 Å². The van der Waals surface area contributed by atoms with Crippen LogP contribution in [0.1, 0.15) is 5.56 Å². The maximum absolute atomic E-state index is 13.7. The molecule has 1 amide bonds. The summed E-state index contributed by atoms with van der Waals surface area (Å²) in [4.78, 5) is 16.5. The van der Waals surface area contributed by atoms with Gasteiger partial charge >= 0.3 is 0 Å². The Morgan fingerprint density at radius 2 is 1.97 bits per heavy atom. The molecule has 0 bridgehead atoms. The highest BCUT2D eigenvalue weighted by Crippen LogP contribution is 2.25. The number of hydrogen-bond donors (Lipinski definition) is 2. The number of rotatable bonds is 5. The first kappa shape index (κ1) is 18.3. The fourth-order valence-electron chi connectivity index (χ4n) is 2.62. The molecule has 0 unspecified atom stereocenters. The lowest BCUT2D eigenvalue weighted by Gasteiger charge is -2.06. The van der Waals surface area contributed by atoms with Crippen LogP contribution >= 0.6 is 0 Å². The average molecular weight is 393 g/mol. The van der Waals surface area contributed by atoms with Gasteiger partial charge in [-0.15, -0.1) is 5.10 Å². The maximum Gasteiger partial charge on any atom is 0.282 e. The Balaban J connectivity index is 1.51. The van der Waals surface area contributed by atoms with Crippen molar-refractivity contribution >= 4 is 17.4 Å². The summed E-state index contributed by atoms with van der Waals surface area (Å²) in [5.74, 6) is -0.510. The lowest BCUT2D eigenvalue weighted by atomic mass is 10.1. The molecule has 4 aromatic rings. The van der Waals surface area contributed by atoms with Gasteiger partial charge in [0.25, 0.3) is 5.89 Å². The highest BCUT2D eigenvalue weighted by Gasteiger charge is 2.20. The van der Waals surface area contributed by atoms with Gasteiger partial charge in [0.05, 0.1) is 5.69 Å². The summed E-state index contributed by atoms with van der Waals surface area (Å²) < 4.78 is 20.1. The van der Waals surface area contributed by atoms with E-state index in [0.717, 1.165) is 11.1 Å². The van der Waals surface area contributed by atoms with Crippen molar-refractivity contribution in [1.29, 1.82) is 0 Å². The quantitative estimate of drug-likeness (QED) is 0.534. The number of nitrogens with two attached hydrogens (primary N) is 1. The third kappa shape index (κ3) is 3.81. The number of nitrogens with zero attached hydrogens (tertiary/aromatic N) is 5. The Bertz CT molecular complexity index is 1170. The Morgan fingerprint density at radius 1 is 1.21 bits per heavy atom. The van der Waals surface area contributed by atoms with E-state index in [-0.39, 0.29) is 29.6 Å². The molecular formula is C19H16FN7O2. The molecule has 0 aliphatic rings. The van der Waals surface area contributed by atoms with Crippen molar-refractivity contribution in [3.63, 3.8) is 0 Å². The number of benzene rings is 2. The molecule has 10 heteroatoms. The summed E-state index contributed by atoms with van der Waals surface area (Å²) in [5.41, 5.74) is 8.15. The third-order valence-electron chi connectivity index (χ3n) is 4.15. The van der Waals surface area contributed by atoms with Crippen LogP contribution in [0.4, 0.5) is 15.9 Å². The number of para-hydroxylation sites is 1. The molecule has 2 aromatic heterocycles. The molecule has 29 heavy (non-hydrogen) atoms. The molecule has 2 aromatic carbocycles. The van der Waals surface area contributed by atoms with Crippen molar-refractivity contribution in [2.45, 2.75) is 13.5 Å². The predicted octanol–water partition coefficient (Wildman–Crippen LogP) is 2.66. The van der Waals surface area contributed by atoms with Crippen LogP contribution in [0.2, 0.25) is 0 Å². The van der Waals surface area contributed by atoms with Crippen LogP contribution in [0.3, 0.4) is 0 Å². The second-order valence-corrected chi connectivity index (χ2v) is 6.30. The second-order valence-electron chi connectivity index (χ2n) is 6.30. The number of halogens is 1. The smallest absolute Gasteiger partial charge is 0.282 e. The van der Waals surface area contributed by atoms with Gasteiger partial charge in [0.15, 0.2) is 11.5 Å². The highest BCUT2D eigenvalue weighted by atomic mass is 19.1. The van der Waals surface area contributed by atoms with E-state index < -0.39 is 11.7 Å². The zero-order chi connectivity index (χ0) is 20.4. The lowest BCUT2D eigenvalue weighted by Crippen LogP contribution is -2.21. The van der Waals surface area contributed by atoms with Crippen LogP contribution in [0.25, 0.3) is 23.0 Å². The third-order valence-corrected chi connectivity index (χ3v) is 4.15. The van der Waals surface area contributed by atoms with Gasteiger partial charge in [0.1, 0.15) is 12.4 Å². The molecule has 146 valence electrons. The monoisotopic (exact) mass is 393 g/mol. The van der Waals surface area contributed by atoms with Crippen molar-refractivity contribution in [3.8, 4) is 23.0 Å². The lowest BCUT2D eigenvalue weighted by molar-refractivity contribution is -0.116. The molecule has 0 aliphatic carbocycles. The molecule has 0 saturated carbocycles. The van der Waals surface area contributed by atoms with Gasteiger partial charge in [-0.1, -0.05) is 52.3 Å². The van der Waals surface area contributed by atoms with Crippen LogP contribution in [0.15, 0.2) is 53.1 Å². The van der Waals surface area contributed by atoms with Gasteiger partial charge in [-0.25, -0.2) is 9.07 Å². The first-order valence-electron chi connectivity index (χ1n) is 8.66. The van der Waals surface area contributed by atoms with Crippen LogP contribution in [-0.4, -0.2) is 31.0 Å². The van der Waals surface area contributed by atoms with Gasteiger partial charge in [-0.3, -0.25) is 4.79 Å². The molecule has 0 spiro atoms. The number of aromatic nitrogens is 5. The van der Waals surface area contributed by atoms with Gasteiger partial charge in [0, 0.05) is 5.56 Å². The van der Waals surface area contributed by atoms with E-state index >= 15 is 0 Å². The summed E-state index contributed by atoms with van der Waals surface area (Å²) in [6.45, 7) is 1.72. The van der Waals surface area contributed by atoms with E-state index in [1.165, 1.54) is 22.9 Å². The van der Waals surface area contributed by atoms with Gasteiger partial charge in [-0.05, 0) is 19.1 Å². The fourth-order valence-corrected chi connectivity index (χ4v) is 2.62. The number of nitrogens with one attached hydrogen (secondary N) is 1. The maximum atomic E-state index is 13.7. The van der Waals surface area contributed by atoms with Crippen molar-refractivity contribution in [2.24, 2.45) is 0 Å². The largest absolute Gasteiger partial charge is 0.382 e. The Hall–Kier alpha value is -4.08. The number of nitrogen functional groups attached to an aromatic ring is 1. The average Bonchev–Trinajstić information content (AvgIpc) is 3.32. The Labute approximate surface area is 164 Å². The molecule has 3 N–H and O–H groups in total. The Morgan fingerprint density at radius 3 is 2.72 bits per heavy atom. The summed E-state index contributed by atoms with van der Waals surface area (Å²) in [5, 5.41) is 14.2. The molecule has 4 rings (SSSR count). The fraction of sp³-hybridized carbons (Fsp3) is 0.105. The zero-order valence-electron chi connectivity index (χ0n) is 15.3. The minimum absolute atomic E-state index is 0.0658. The second kappa shape index (κ2) is 7.50. The summed E-state index contributed by atoms with van der Waals surface area (Å²) in [6.07, 6.45) is 0. The summed E-state index contributed by atoms with van der Waals surface area (Å²) in [7, 11) is 0. The first-order chi connectivity index (χ1) is 14.0. The number of hydrogen-bond acceptors (Lipinski definition) is 7. The molecule has 0 atom stereocenters. The van der Waals surface area contributed by atoms with Crippen molar-refractivity contribution in [1.82, 2.24) is 25.1 Å². The summed E-state index contributed by atoms with van der Waals surface area (Å²) >= 11 is 0. The number of carbonyl (C=O) groups is 1. The highest BCUT2D eigenvalue weighted by molar-refractivity contribution is 5.91.